The minimum Gasteiger partial charge on any atom is -0.193 e. The third-order valence-corrected chi connectivity index (χ3v) is 5.31. The summed E-state index contributed by atoms with van der Waals surface area (Å²) in [5.74, 6) is -51.7. The predicted molar refractivity (Wildman–Crippen MR) is 64.2 cm³/mol. The van der Waals surface area contributed by atoms with Crippen LogP contribution in [0.1, 0.15) is 0 Å². The van der Waals surface area contributed by atoms with Gasteiger partial charge in [-0.2, -0.15) is 86.7 Å². The molecule has 0 aliphatic heterocycles. The smallest absolute Gasteiger partial charge is 0.193 e. The fourth-order valence-corrected chi connectivity index (χ4v) is 2.94. The van der Waals surface area contributed by atoms with Crippen LogP contribution >= 0.6 is 12.0 Å². The molecule has 0 spiro atoms. The van der Waals surface area contributed by atoms with Crippen LogP contribution in [0.15, 0.2) is 0 Å². The molecule has 0 N–H and O–H groups in total. The molecule has 22 heteroatoms. The first-order chi connectivity index (χ1) is 13.1. The molecule has 0 fully saturated rings. The zero-order chi connectivity index (χ0) is 25.9. The summed E-state index contributed by atoms with van der Waals surface area (Å²) in [7, 11) is -7.44. The monoisotopic (exact) mass is 546 g/mol. The van der Waals surface area contributed by atoms with E-state index in [2.05, 4.69) is 3.63 Å². The van der Waals surface area contributed by atoms with Gasteiger partial charge in [0.25, 0.3) is 0 Å². The van der Waals surface area contributed by atoms with Crippen LogP contribution in [0.5, 0.6) is 0 Å². The van der Waals surface area contributed by atoms with Crippen LogP contribution in [0, 0.1) is 0 Å². The first kappa shape index (κ1) is 30.1. The van der Waals surface area contributed by atoms with Gasteiger partial charge in [0, 0.05) is 18.3 Å². The van der Waals surface area contributed by atoms with Gasteiger partial charge < -0.3 is 0 Å². The standard InChI is InChI=1S/C9H3F17O3S2/c1-30-29-31(27,28)9(25,26)7(20,21)5(16,17)3(12,13)2(10,11)4(14,15)6(18,19)8(22,23)24/h1H3. The minimum absolute atomic E-state index is 0.326. The Kier molecular flexibility index (Phi) is 7.33. The summed E-state index contributed by atoms with van der Waals surface area (Å²) in [6, 6.07) is 0. The summed E-state index contributed by atoms with van der Waals surface area (Å²) >= 11 is -0.840. The summed E-state index contributed by atoms with van der Waals surface area (Å²) in [5.41, 5.74) is 0. The van der Waals surface area contributed by atoms with E-state index >= 15 is 0 Å². The molecule has 0 unspecified atom stereocenters. The van der Waals surface area contributed by atoms with E-state index in [0.717, 1.165) is 0 Å². The van der Waals surface area contributed by atoms with Gasteiger partial charge in [-0.3, -0.25) is 0 Å². The van der Waals surface area contributed by atoms with Crippen molar-refractivity contribution in [3.8, 4) is 0 Å². The molecule has 0 saturated heterocycles. The van der Waals surface area contributed by atoms with E-state index in [1.54, 1.807) is 0 Å². The van der Waals surface area contributed by atoms with Crippen molar-refractivity contribution in [2.75, 3.05) is 6.26 Å². The Hall–Kier alpha value is -0.930. The first-order valence-corrected chi connectivity index (χ1v) is 8.80. The van der Waals surface area contributed by atoms with Crippen molar-refractivity contribution in [1.82, 2.24) is 0 Å². The summed E-state index contributed by atoms with van der Waals surface area (Å²) < 4.78 is 243. The SMILES string of the molecule is CSOS(=O)(=O)C(F)(F)C(F)(F)C(F)(F)C(F)(F)C(F)(F)C(F)(F)C(F)(F)C(F)(F)F. The minimum atomic E-state index is -8.85. The molecule has 0 aliphatic rings. The Morgan fingerprint density at radius 3 is 1.03 bits per heavy atom. The maximum absolute atomic E-state index is 13.3. The van der Waals surface area contributed by atoms with Gasteiger partial charge in [0.05, 0.1) is 0 Å². The van der Waals surface area contributed by atoms with E-state index in [1.165, 1.54) is 0 Å². The van der Waals surface area contributed by atoms with Crippen molar-refractivity contribution in [1.29, 1.82) is 0 Å². The van der Waals surface area contributed by atoms with Gasteiger partial charge in [-0.25, -0.2) is 0 Å². The van der Waals surface area contributed by atoms with Crippen LogP contribution in [0.25, 0.3) is 0 Å². The van der Waals surface area contributed by atoms with Gasteiger partial charge in [0.1, 0.15) is 0 Å². The molecule has 0 aromatic rings. The molecular formula is C9H3F17O3S2. The number of hydrogen-bond donors (Lipinski definition) is 0. The third kappa shape index (κ3) is 3.78. The largest absolute Gasteiger partial charge is 0.460 e. The van der Waals surface area contributed by atoms with Crippen LogP contribution in [-0.4, -0.2) is 61.6 Å². The normalized spacial score (nSPS) is 16.6. The highest BCUT2D eigenvalue weighted by Gasteiger charge is 2.96. The van der Waals surface area contributed by atoms with Gasteiger partial charge in [0.15, 0.2) is 0 Å². The van der Waals surface area contributed by atoms with Gasteiger partial charge in [-0.05, 0) is 0 Å². The van der Waals surface area contributed by atoms with Crippen molar-refractivity contribution in [2.24, 2.45) is 0 Å². The molecular weight excluding hydrogens is 543 g/mol. The van der Waals surface area contributed by atoms with Crippen molar-refractivity contribution in [2.45, 2.75) is 47.0 Å². The molecule has 3 nitrogen and oxygen atoms in total. The number of halogens is 17. The lowest BCUT2D eigenvalue weighted by atomic mass is 9.91. The van der Waals surface area contributed by atoms with Crippen molar-refractivity contribution in [3.05, 3.63) is 0 Å². The van der Waals surface area contributed by atoms with Gasteiger partial charge in [-0.1, -0.05) is 0 Å². The van der Waals surface area contributed by atoms with Crippen LogP contribution in [-0.2, 0) is 13.7 Å². The topological polar surface area (TPSA) is 43.4 Å². The Morgan fingerprint density at radius 1 is 0.516 bits per heavy atom. The lowest BCUT2D eigenvalue weighted by Gasteiger charge is -2.42. The molecule has 0 saturated carbocycles. The van der Waals surface area contributed by atoms with Crippen LogP contribution < -0.4 is 0 Å². The lowest BCUT2D eigenvalue weighted by molar-refractivity contribution is -0.458. The van der Waals surface area contributed by atoms with Crippen molar-refractivity contribution in [3.63, 3.8) is 0 Å². The molecule has 0 bridgehead atoms. The van der Waals surface area contributed by atoms with E-state index < -0.39 is 69.1 Å². The maximum Gasteiger partial charge on any atom is 0.460 e. The highest BCUT2D eigenvalue weighted by molar-refractivity contribution is 8.04. The molecule has 0 aromatic carbocycles. The quantitative estimate of drug-likeness (QED) is 0.280. The zero-order valence-electron chi connectivity index (χ0n) is 13.5. The average molecular weight is 546 g/mol. The van der Waals surface area contributed by atoms with Gasteiger partial charge in [-0.15, -0.1) is 0 Å². The second kappa shape index (κ2) is 7.55. The van der Waals surface area contributed by atoms with E-state index in [9.17, 15) is 83.1 Å². The Balaban J connectivity index is 6.91. The Labute approximate surface area is 163 Å². The highest BCUT2D eigenvalue weighted by atomic mass is 32.3. The average Bonchev–Trinajstić information content (AvgIpc) is 2.52. The van der Waals surface area contributed by atoms with Crippen LogP contribution in [0.4, 0.5) is 74.6 Å². The number of rotatable bonds is 9. The first-order valence-electron chi connectivity index (χ1n) is 6.24. The molecule has 0 rings (SSSR count). The third-order valence-electron chi connectivity index (χ3n) is 3.16. The Morgan fingerprint density at radius 2 is 0.774 bits per heavy atom. The second-order valence-corrected chi connectivity index (χ2v) is 7.45. The van der Waals surface area contributed by atoms with Gasteiger partial charge >= 0.3 is 57.1 Å². The molecule has 0 atom stereocenters. The molecule has 0 radical (unpaired) electrons. The van der Waals surface area contributed by atoms with Crippen LogP contribution in [0.2, 0.25) is 0 Å². The van der Waals surface area contributed by atoms with E-state index in [-0.39, 0.29) is 0 Å². The number of hydrogen-bond acceptors (Lipinski definition) is 4. The fraction of sp³-hybridized carbons (Fsp3) is 1.00. The molecule has 31 heavy (non-hydrogen) atoms. The zero-order valence-corrected chi connectivity index (χ0v) is 15.1. The summed E-state index contributed by atoms with van der Waals surface area (Å²) in [6.45, 7) is 0. The van der Waals surface area contributed by atoms with E-state index in [1.807, 2.05) is 0 Å². The second-order valence-electron chi connectivity index (χ2n) is 5.15. The van der Waals surface area contributed by atoms with Crippen LogP contribution in [0.3, 0.4) is 0 Å². The van der Waals surface area contributed by atoms with Crippen molar-refractivity contribution >= 4 is 22.2 Å². The fourth-order valence-electron chi connectivity index (χ4n) is 1.44. The Bertz CT molecular complexity index is 768. The molecule has 0 aliphatic carbocycles. The summed E-state index contributed by atoms with van der Waals surface area (Å²) in [4.78, 5) is 0. The molecule has 188 valence electrons. The summed E-state index contributed by atoms with van der Waals surface area (Å²) in [6.07, 6.45) is -7.54. The summed E-state index contributed by atoms with van der Waals surface area (Å²) in [5, 5.41) is -7.63. The molecule has 0 amide bonds. The predicted octanol–water partition coefficient (Wildman–Crippen LogP) is 5.58. The van der Waals surface area contributed by atoms with E-state index in [0.29, 0.717) is 6.26 Å². The number of alkyl halides is 17. The lowest BCUT2D eigenvalue weighted by Crippen LogP contribution is -2.75. The van der Waals surface area contributed by atoms with E-state index in [4.69, 9.17) is 0 Å². The highest BCUT2D eigenvalue weighted by Crippen LogP contribution is 2.64. The van der Waals surface area contributed by atoms with Crippen molar-refractivity contribution < 1.29 is 86.7 Å². The maximum atomic E-state index is 13.3. The molecule has 0 aromatic heterocycles. The molecule has 0 heterocycles. The van der Waals surface area contributed by atoms with Gasteiger partial charge in [0.2, 0.25) is 0 Å².